The van der Waals surface area contributed by atoms with Gasteiger partial charge in [-0.25, -0.2) is 14.4 Å². The second kappa shape index (κ2) is 5.20. The fourth-order valence-corrected chi connectivity index (χ4v) is 2.47. The number of rotatable bonds is 3. The van der Waals surface area contributed by atoms with Crippen molar-refractivity contribution in [3.8, 4) is 11.5 Å². The first-order valence-electron chi connectivity index (χ1n) is 6.98. The monoisotopic (exact) mass is 309 g/mol. The van der Waals surface area contributed by atoms with Gasteiger partial charge in [-0.2, -0.15) is 4.98 Å². The average Bonchev–Trinajstić information content (AvgIpc) is 3.19. The van der Waals surface area contributed by atoms with Crippen molar-refractivity contribution in [2.24, 2.45) is 0 Å². The molecule has 1 aromatic carbocycles. The second-order valence-electron chi connectivity index (χ2n) is 5.04. The van der Waals surface area contributed by atoms with Crippen LogP contribution >= 0.6 is 0 Å². The molecule has 0 unspecified atom stereocenters. The molecule has 0 amide bonds. The number of anilines is 1. The predicted molar refractivity (Wildman–Crippen MR) is 82.9 cm³/mol. The number of benzene rings is 1. The van der Waals surface area contributed by atoms with Gasteiger partial charge >= 0.3 is 0 Å². The Hall–Kier alpha value is -3.22. The van der Waals surface area contributed by atoms with E-state index in [0.717, 1.165) is 0 Å². The summed E-state index contributed by atoms with van der Waals surface area (Å²) in [6.07, 6.45) is 3.15. The number of hydrogen-bond donors (Lipinski definition) is 1. The molecule has 114 valence electrons. The van der Waals surface area contributed by atoms with Gasteiger partial charge in [0.1, 0.15) is 17.0 Å². The molecule has 6 nitrogen and oxygen atoms in total. The van der Waals surface area contributed by atoms with Gasteiger partial charge in [0.25, 0.3) is 0 Å². The van der Waals surface area contributed by atoms with E-state index in [4.69, 9.17) is 10.2 Å². The van der Waals surface area contributed by atoms with Crippen LogP contribution in [-0.2, 0) is 6.54 Å². The third-order valence-electron chi connectivity index (χ3n) is 3.53. The largest absolute Gasteiger partial charge is 0.463 e. The molecule has 7 heteroatoms. The number of imidazole rings is 1. The Balaban J connectivity index is 1.85. The van der Waals surface area contributed by atoms with Crippen LogP contribution in [0.3, 0.4) is 0 Å². The zero-order valence-electron chi connectivity index (χ0n) is 12.0. The van der Waals surface area contributed by atoms with Crippen LogP contribution in [0.4, 0.5) is 10.3 Å². The topological polar surface area (TPSA) is 82.8 Å². The van der Waals surface area contributed by atoms with Crippen LogP contribution < -0.4 is 5.73 Å². The lowest BCUT2D eigenvalue weighted by Crippen LogP contribution is -2.04. The zero-order chi connectivity index (χ0) is 15.8. The molecule has 4 aromatic rings. The van der Waals surface area contributed by atoms with Gasteiger partial charge < -0.3 is 14.7 Å². The van der Waals surface area contributed by atoms with Gasteiger partial charge in [0, 0.05) is 5.56 Å². The molecule has 3 heterocycles. The summed E-state index contributed by atoms with van der Waals surface area (Å²) in [5.74, 6) is 0.391. The summed E-state index contributed by atoms with van der Waals surface area (Å²) in [5.41, 5.74) is 7.96. The van der Waals surface area contributed by atoms with Crippen molar-refractivity contribution in [1.29, 1.82) is 0 Å². The number of aromatic nitrogens is 4. The SMILES string of the molecule is Nc1nc(-c2ccco2)c2ncn(Cc3ccccc3F)c2n1. The summed E-state index contributed by atoms with van der Waals surface area (Å²) < 4.78 is 21.0. The lowest BCUT2D eigenvalue weighted by Gasteiger charge is -2.06. The number of nitrogens with two attached hydrogens (primary N) is 1. The van der Waals surface area contributed by atoms with E-state index in [9.17, 15) is 4.39 Å². The normalized spacial score (nSPS) is 11.2. The molecule has 0 radical (unpaired) electrons. The van der Waals surface area contributed by atoms with Crippen molar-refractivity contribution in [2.45, 2.75) is 6.54 Å². The molecule has 2 N–H and O–H groups in total. The second-order valence-corrected chi connectivity index (χ2v) is 5.04. The molecule has 0 atom stereocenters. The predicted octanol–water partition coefficient (Wildman–Crippen LogP) is 2.86. The molecule has 0 aliphatic rings. The van der Waals surface area contributed by atoms with Crippen molar-refractivity contribution in [3.63, 3.8) is 0 Å². The number of nitrogens with zero attached hydrogens (tertiary/aromatic N) is 4. The van der Waals surface area contributed by atoms with Gasteiger partial charge in [-0.3, -0.25) is 0 Å². The molecule has 3 aromatic heterocycles. The standard InChI is InChI=1S/C16H12FN5O/c17-11-5-2-1-4-10(11)8-22-9-19-14-13(12-6-3-7-23-12)20-16(18)21-15(14)22/h1-7,9H,8H2,(H2,18,20,21). The maximum absolute atomic E-state index is 13.9. The van der Waals surface area contributed by atoms with Crippen molar-refractivity contribution >= 4 is 17.1 Å². The maximum atomic E-state index is 13.9. The third kappa shape index (κ3) is 2.32. The molecular weight excluding hydrogens is 297 g/mol. The molecule has 0 aliphatic carbocycles. The van der Waals surface area contributed by atoms with Crippen molar-refractivity contribution in [3.05, 3.63) is 60.4 Å². The van der Waals surface area contributed by atoms with E-state index in [1.807, 2.05) is 0 Å². The third-order valence-corrected chi connectivity index (χ3v) is 3.53. The maximum Gasteiger partial charge on any atom is 0.222 e. The smallest absolute Gasteiger partial charge is 0.222 e. The molecule has 0 saturated carbocycles. The van der Waals surface area contributed by atoms with E-state index in [2.05, 4.69) is 15.0 Å². The minimum atomic E-state index is -0.275. The van der Waals surface area contributed by atoms with E-state index >= 15 is 0 Å². The Bertz CT molecular complexity index is 977. The van der Waals surface area contributed by atoms with Crippen molar-refractivity contribution in [2.75, 3.05) is 5.73 Å². The van der Waals surface area contributed by atoms with Crippen LogP contribution in [0.25, 0.3) is 22.6 Å². The highest BCUT2D eigenvalue weighted by atomic mass is 19.1. The summed E-state index contributed by atoms with van der Waals surface area (Å²) in [4.78, 5) is 12.8. The van der Waals surface area contributed by atoms with Crippen LogP contribution in [0.2, 0.25) is 0 Å². The molecule has 0 saturated heterocycles. The first-order valence-corrected chi connectivity index (χ1v) is 6.98. The molecular formula is C16H12FN5O. The summed E-state index contributed by atoms with van der Waals surface area (Å²) in [6.45, 7) is 0.303. The van der Waals surface area contributed by atoms with Crippen LogP contribution in [0, 0.1) is 5.82 Å². The Kier molecular flexibility index (Phi) is 3.04. The molecule has 0 bridgehead atoms. The Morgan fingerprint density at radius 2 is 2.00 bits per heavy atom. The molecule has 4 rings (SSSR count). The Morgan fingerprint density at radius 3 is 2.78 bits per heavy atom. The number of furan rings is 1. The van der Waals surface area contributed by atoms with Gasteiger partial charge in [-0.15, -0.1) is 0 Å². The van der Waals surface area contributed by atoms with E-state index in [1.165, 1.54) is 6.07 Å². The highest BCUT2D eigenvalue weighted by molar-refractivity contribution is 5.86. The quantitative estimate of drug-likeness (QED) is 0.629. The Labute approximate surface area is 130 Å². The fraction of sp³-hybridized carbons (Fsp3) is 0.0625. The van der Waals surface area contributed by atoms with E-state index in [0.29, 0.717) is 34.7 Å². The van der Waals surface area contributed by atoms with Gasteiger partial charge in [0.15, 0.2) is 11.4 Å². The van der Waals surface area contributed by atoms with Gasteiger partial charge in [-0.1, -0.05) is 18.2 Å². The highest BCUT2D eigenvalue weighted by Crippen LogP contribution is 2.26. The highest BCUT2D eigenvalue weighted by Gasteiger charge is 2.16. The minimum Gasteiger partial charge on any atom is -0.463 e. The summed E-state index contributed by atoms with van der Waals surface area (Å²) in [6, 6.07) is 10.1. The first-order chi connectivity index (χ1) is 11.2. The van der Waals surface area contributed by atoms with E-state index in [1.54, 1.807) is 47.5 Å². The lowest BCUT2D eigenvalue weighted by atomic mass is 10.2. The van der Waals surface area contributed by atoms with Gasteiger partial charge in [0.05, 0.1) is 19.1 Å². The van der Waals surface area contributed by atoms with Gasteiger partial charge in [0.2, 0.25) is 5.95 Å². The average molecular weight is 309 g/mol. The zero-order valence-corrected chi connectivity index (χ0v) is 12.0. The molecule has 0 aliphatic heterocycles. The summed E-state index contributed by atoms with van der Waals surface area (Å²) in [7, 11) is 0. The first kappa shape index (κ1) is 13.4. The molecule has 23 heavy (non-hydrogen) atoms. The van der Waals surface area contributed by atoms with Crippen LogP contribution in [0.5, 0.6) is 0 Å². The van der Waals surface area contributed by atoms with Crippen molar-refractivity contribution < 1.29 is 8.81 Å². The number of nitrogen functional groups attached to an aromatic ring is 1. The number of hydrogen-bond acceptors (Lipinski definition) is 5. The van der Waals surface area contributed by atoms with E-state index in [-0.39, 0.29) is 11.8 Å². The number of fused-ring (bicyclic) bond motifs is 1. The summed E-state index contributed by atoms with van der Waals surface area (Å²) in [5, 5.41) is 0. The minimum absolute atomic E-state index is 0.110. The lowest BCUT2D eigenvalue weighted by molar-refractivity contribution is 0.580. The van der Waals surface area contributed by atoms with Crippen LogP contribution in [-0.4, -0.2) is 19.5 Å². The van der Waals surface area contributed by atoms with Crippen LogP contribution in [0.15, 0.2) is 53.4 Å². The Morgan fingerprint density at radius 1 is 1.13 bits per heavy atom. The fourth-order valence-electron chi connectivity index (χ4n) is 2.47. The van der Waals surface area contributed by atoms with Crippen LogP contribution in [0.1, 0.15) is 5.56 Å². The molecule has 0 fully saturated rings. The summed E-state index contributed by atoms with van der Waals surface area (Å²) >= 11 is 0. The van der Waals surface area contributed by atoms with E-state index < -0.39 is 0 Å². The van der Waals surface area contributed by atoms with Crippen molar-refractivity contribution in [1.82, 2.24) is 19.5 Å². The van der Waals surface area contributed by atoms with Gasteiger partial charge in [-0.05, 0) is 18.2 Å². The molecule has 0 spiro atoms. The number of halogens is 1.